The van der Waals surface area contributed by atoms with Crippen LogP contribution in [0.5, 0.6) is 0 Å². The molecule has 1 saturated carbocycles. The number of halogens is 4. The van der Waals surface area contributed by atoms with Crippen molar-refractivity contribution in [3.05, 3.63) is 58.1 Å². The molecule has 1 amide bonds. The van der Waals surface area contributed by atoms with E-state index in [1.54, 1.807) is 0 Å². The number of rotatable bonds is 5. The molecule has 2 fully saturated rings. The monoisotopic (exact) mass is 504 g/mol. The molecule has 0 unspecified atom stereocenters. The van der Waals surface area contributed by atoms with Crippen LogP contribution in [-0.2, 0) is 11.0 Å². The van der Waals surface area contributed by atoms with Crippen LogP contribution in [-0.4, -0.2) is 41.9 Å². The van der Waals surface area contributed by atoms with Gasteiger partial charge in [0.15, 0.2) is 0 Å². The number of benzene rings is 1. The van der Waals surface area contributed by atoms with Crippen LogP contribution in [0.2, 0.25) is 0 Å². The third kappa shape index (κ3) is 5.41. The molecule has 0 spiro atoms. The molecule has 0 N–H and O–H groups in total. The van der Waals surface area contributed by atoms with E-state index in [0.717, 1.165) is 106 Å². The number of allylic oxidation sites excluding steroid dienone is 2. The third-order valence-corrected chi connectivity index (χ3v) is 8.68. The quantitative estimate of drug-likeness (QED) is 0.391. The van der Waals surface area contributed by atoms with E-state index >= 15 is 0 Å². The molecule has 1 aromatic carbocycles. The van der Waals surface area contributed by atoms with Gasteiger partial charge in [0.05, 0.1) is 5.56 Å². The minimum absolute atomic E-state index is 0.00335. The van der Waals surface area contributed by atoms with Gasteiger partial charge < -0.3 is 9.80 Å². The molecule has 1 saturated heterocycles. The zero-order valence-electron chi connectivity index (χ0n) is 20.9. The Hall–Kier alpha value is -2.15. The lowest BCUT2D eigenvalue weighted by molar-refractivity contribution is -0.137. The summed E-state index contributed by atoms with van der Waals surface area (Å²) in [6, 6.07) is 5.74. The predicted octanol–water partition coefficient (Wildman–Crippen LogP) is 7.36. The molecule has 196 valence electrons. The molecule has 1 aromatic rings. The standard InChI is InChI=1S/C29H36F4N2O/c30-26-10-4-9-25-24(26)13-18-35(28(36)21-5-1-2-6-21)27(25)14-17-34-15-11-20(12-16-34)22-7-3-8-23(19-22)29(31,32)33/h3,7-8,19-21H,1-2,4-6,9-18H2. The van der Waals surface area contributed by atoms with E-state index in [4.69, 9.17) is 0 Å². The molecular weight excluding hydrogens is 468 g/mol. The Kier molecular flexibility index (Phi) is 7.57. The molecular formula is C29H36F4N2O. The summed E-state index contributed by atoms with van der Waals surface area (Å²) in [7, 11) is 0. The summed E-state index contributed by atoms with van der Waals surface area (Å²) in [6.45, 7) is 3.00. The molecule has 2 heterocycles. The van der Waals surface area contributed by atoms with E-state index in [1.165, 1.54) is 12.1 Å². The maximum absolute atomic E-state index is 14.7. The first-order valence-corrected chi connectivity index (χ1v) is 13.6. The second-order valence-corrected chi connectivity index (χ2v) is 10.9. The van der Waals surface area contributed by atoms with Gasteiger partial charge in [-0.2, -0.15) is 13.2 Å². The van der Waals surface area contributed by atoms with Gasteiger partial charge in [-0.25, -0.2) is 4.39 Å². The highest BCUT2D eigenvalue weighted by Crippen LogP contribution is 2.41. The Bertz CT molecular complexity index is 1030. The van der Waals surface area contributed by atoms with Crippen molar-refractivity contribution in [1.29, 1.82) is 0 Å². The number of carbonyl (C=O) groups is 1. The number of likely N-dealkylation sites (tertiary alicyclic amines) is 1. The van der Waals surface area contributed by atoms with Crippen LogP contribution in [0.3, 0.4) is 0 Å². The number of hydrogen-bond acceptors (Lipinski definition) is 2. The second-order valence-electron chi connectivity index (χ2n) is 10.9. The minimum Gasteiger partial charge on any atom is -0.315 e. The summed E-state index contributed by atoms with van der Waals surface area (Å²) in [5.74, 6) is 0.456. The lowest BCUT2D eigenvalue weighted by Gasteiger charge is -2.38. The minimum atomic E-state index is -4.32. The number of piperidine rings is 1. The molecule has 0 atom stereocenters. The number of hydrogen-bond donors (Lipinski definition) is 0. The van der Waals surface area contributed by atoms with Crippen molar-refractivity contribution in [3.63, 3.8) is 0 Å². The van der Waals surface area contributed by atoms with Crippen LogP contribution in [0.25, 0.3) is 0 Å². The second kappa shape index (κ2) is 10.7. The summed E-state index contributed by atoms with van der Waals surface area (Å²) >= 11 is 0. The van der Waals surface area contributed by atoms with Crippen LogP contribution in [0.15, 0.2) is 46.9 Å². The molecule has 3 nitrogen and oxygen atoms in total. The number of nitrogens with zero attached hydrogens (tertiary/aromatic N) is 2. The van der Waals surface area contributed by atoms with Crippen molar-refractivity contribution in [2.45, 2.75) is 82.7 Å². The zero-order valence-corrected chi connectivity index (χ0v) is 20.9. The first-order chi connectivity index (χ1) is 17.3. The summed E-state index contributed by atoms with van der Waals surface area (Å²) in [4.78, 5) is 17.7. The number of carbonyl (C=O) groups excluding carboxylic acids is 1. The van der Waals surface area contributed by atoms with Crippen molar-refractivity contribution in [3.8, 4) is 0 Å². The van der Waals surface area contributed by atoms with Crippen LogP contribution in [0.4, 0.5) is 17.6 Å². The molecule has 2 aliphatic carbocycles. The fraction of sp³-hybridized carbons (Fsp3) is 0.621. The summed E-state index contributed by atoms with van der Waals surface area (Å²) in [6.07, 6.45) is 4.92. The van der Waals surface area contributed by atoms with Gasteiger partial charge in [-0.05, 0) is 93.2 Å². The average Bonchev–Trinajstić information content (AvgIpc) is 3.42. The fourth-order valence-electron chi connectivity index (χ4n) is 6.66. The van der Waals surface area contributed by atoms with Gasteiger partial charge in [-0.1, -0.05) is 31.0 Å². The van der Waals surface area contributed by atoms with Crippen molar-refractivity contribution >= 4 is 5.91 Å². The van der Waals surface area contributed by atoms with Gasteiger partial charge >= 0.3 is 6.18 Å². The van der Waals surface area contributed by atoms with Gasteiger partial charge in [0.1, 0.15) is 5.83 Å². The average molecular weight is 505 g/mol. The largest absolute Gasteiger partial charge is 0.416 e. The van der Waals surface area contributed by atoms with Gasteiger partial charge in [0.2, 0.25) is 5.91 Å². The van der Waals surface area contributed by atoms with E-state index in [2.05, 4.69) is 4.90 Å². The molecule has 0 aromatic heterocycles. The summed E-state index contributed by atoms with van der Waals surface area (Å²) < 4.78 is 54.1. The third-order valence-electron chi connectivity index (χ3n) is 8.68. The van der Waals surface area contributed by atoms with Gasteiger partial charge in [0, 0.05) is 31.1 Å². The van der Waals surface area contributed by atoms with E-state index in [-0.39, 0.29) is 23.6 Å². The first kappa shape index (κ1) is 25.5. The zero-order chi connectivity index (χ0) is 25.3. The van der Waals surface area contributed by atoms with Gasteiger partial charge in [-0.3, -0.25) is 4.79 Å². The Labute approximate surface area is 211 Å². The normalized spacial score (nSPS) is 22.9. The lowest BCUT2D eigenvalue weighted by Crippen LogP contribution is -2.41. The highest BCUT2D eigenvalue weighted by molar-refractivity contribution is 5.81. The molecule has 36 heavy (non-hydrogen) atoms. The van der Waals surface area contributed by atoms with Crippen LogP contribution in [0, 0.1) is 5.92 Å². The van der Waals surface area contributed by atoms with Crippen molar-refractivity contribution in [1.82, 2.24) is 9.80 Å². The number of alkyl halides is 3. The SMILES string of the molecule is O=C(C1CCCC1)N1CCC2=C(F)CCCC2=C1CCN1CCC(c2cccc(C(F)(F)F)c2)CC1. The Morgan fingerprint density at radius 3 is 2.39 bits per heavy atom. The number of fused-ring (bicyclic) bond motifs is 1. The van der Waals surface area contributed by atoms with Crippen LogP contribution >= 0.6 is 0 Å². The van der Waals surface area contributed by atoms with E-state index in [1.807, 2.05) is 11.0 Å². The van der Waals surface area contributed by atoms with Crippen LogP contribution < -0.4 is 0 Å². The smallest absolute Gasteiger partial charge is 0.315 e. The summed E-state index contributed by atoms with van der Waals surface area (Å²) in [5, 5.41) is 0. The van der Waals surface area contributed by atoms with Gasteiger partial charge in [0.25, 0.3) is 0 Å². The van der Waals surface area contributed by atoms with E-state index in [9.17, 15) is 22.4 Å². The lowest BCUT2D eigenvalue weighted by atomic mass is 9.84. The number of amides is 1. The molecule has 7 heteroatoms. The Morgan fingerprint density at radius 2 is 1.67 bits per heavy atom. The predicted molar refractivity (Wildman–Crippen MR) is 132 cm³/mol. The Morgan fingerprint density at radius 1 is 0.917 bits per heavy atom. The van der Waals surface area contributed by atoms with Crippen molar-refractivity contribution in [2.24, 2.45) is 5.92 Å². The maximum atomic E-state index is 14.7. The van der Waals surface area contributed by atoms with Crippen LogP contribution in [0.1, 0.15) is 87.7 Å². The summed E-state index contributed by atoms with van der Waals surface area (Å²) in [5.41, 5.74) is 3.12. The van der Waals surface area contributed by atoms with E-state index in [0.29, 0.717) is 19.4 Å². The molecule has 2 aliphatic heterocycles. The Balaban J connectivity index is 1.26. The topological polar surface area (TPSA) is 23.6 Å². The maximum Gasteiger partial charge on any atom is 0.416 e. The highest BCUT2D eigenvalue weighted by atomic mass is 19.4. The highest BCUT2D eigenvalue weighted by Gasteiger charge is 2.35. The van der Waals surface area contributed by atoms with E-state index < -0.39 is 11.7 Å². The van der Waals surface area contributed by atoms with Gasteiger partial charge in [-0.15, -0.1) is 0 Å². The molecule has 0 bridgehead atoms. The van der Waals surface area contributed by atoms with Crippen molar-refractivity contribution < 1.29 is 22.4 Å². The fourth-order valence-corrected chi connectivity index (χ4v) is 6.66. The molecule has 0 radical (unpaired) electrons. The first-order valence-electron chi connectivity index (χ1n) is 13.6. The molecule has 4 aliphatic rings. The van der Waals surface area contributed by atoms with Crippen molar-refractivity contribution in [2.75, 3.05) is 26.2 Å². The molecule has 5 rings (SSSR count).